The van der Waals surface area contributed by atoms with Crippen LogP contribution in [0.5, 0.6) is 0 Å². The molecular weight excluding hydrogens is 666 g/mol. The normalized spacial score (nSPS) is 22.4. The van der Waals surface area contributed by atoms with Crippen LogP contribution in [0.2, 0.25) is 18.6 Å². The summed E-state index contributed by atoms with van der Waals surface area (Å²) in [6.45, 7) is 6.68. The molecule has 3 aromatic carbocycles. The monoisotopic (exact) mass is 703 g/mol. The summed E-state index contributed by atoms with van der Waals surface area (Å²) in [5.41, 5.74) is 2.96. The van der Waals surface area contributed by atoms with Crippen molar-refractivity contribution in [2.75, 3.05) is 16.8 Å². The van der Waals surface area contributed by atoms with Gasteiger partial charge in [0.25, 0.3) is 11.8 Å². The average Bonchev–Trinajstić information content (AvgIpc) is 3.67. The molecule has 4 atom stereocenters. The number of anilines is 2. The van der Waals surface area contributed by atoms with Crippen molar-refractivity contribution in [3.05, 3.63) is 106 Å². The topological polar surface area (TPSA) is 130 Å². The van der Waals surface area contributed by atoms with Crippen LogP contribution in [0.4, 0.5) is 11.4 Å². The van der Waals surface area contributed by atoms with Crippen LogP contribution >= 0.6 is 15.9 Å². The molecule has 0 saturated carbocycles. The maximum Gasteiger partial charge on any atom is 0.264 e. The van der Waals surface area contributed by atoms with Crippen molar-refractivity contribution in [1.29, 1.82) is 0 Å². The highest BCUT2D eigenvalue weighted by Crippen LogP contribution is 2.60. The minimum Gasteiger partial charge on any atom is -0.432 e. The molecule has 2 aliphatic heterocycles. The summed E-state index contributed by atoms with van der Waals surface area (Å²) in [5.74, 6) is -0.622. The van der Waals surface area contributed by atoms with Gasteiger partial charge >= 0.3 is 0 Å². The molecule has 12 heteroatoms. The quantitative estimate of drug-likeness (QED) is 0.192. The van der Waals surface area contributed by atoms with E-state index in [2.05, 4.69) is 31.6 Å². The third-order valence-electron chi connectivity index (χ3n) is 9.13. The summed E-state index contributed by atoms with van der Waals surface area (Å²) in [5, 5.41) is 20.5. The third kappa shape index (κ3) is 6.07. The Labute approximate surface area is 277 Å². The van der Waals surface area contributed by atoms with Crippen LogP contribution in [0, 0.1) is 5.92 Å². The number of benzene rings is 3. The van der Waals surface area contributed by atoms with Gasteiger partial charge in [0.15, 0.2) is 13.9 Å². The number of aromatic nitrogens is 3. The fourth-order valence-electron chi connectivity index (χ4n) is 7.08. The SMILES string of the molecule is C[C@@H]1[C@@H]([Si](C)(C)O)[C@H](CCn2cc(CCO)nn2)O[C@@]12C(=O)N(Cc1ccc(NC(=O)c3ccccc3)cc1)c1ccc(Br)cc12. The van der Waals surface area contributed by atoms with Gasteiger partial charge in [0.05, 0.1) is 24.0 Å². The molecule has 46 heavy (non-hydrogen) atoms. The molecule has 1 aromatic heterocycles. The maximum absolute atomic E-state index is 14.7. The minimum absolute atomic E-state index is 0.000608. The highest BCUT2D eigenvalue weighted by atomic mass is 79.9. The van der Waals surface area contributed by atoms with Gasteiger partial charge in [0.2, 0.25) is 0 Å². The number of rotatable bonds is 10. The molecule has 1 saturated heterocycles. The molecule has 3 N–H and O–H groups in total. The number of aliphatic hydroxyl groups excluding tert-OH is 1. The first-order valence-corrected chi connectivity index (χ1v) is 19.3. The van der Waals surface area contributed by atoms with E-state index in [1.165, 1.54) is 0 Å². The number of fused-ring (bicyclic) bond motifs is 2. The number of hydrogen-bond acceptors (Lipinski definition) is 7. The zero-order valence-electron chi connectivity index (χ0n) is 26.1. The lowest BCUT2D eigenvalue weighted by Crippen LogP contribution is -2.46. The number of hydrogen-bond donors (Lipinski definition) is 3. The van der Waals surface area contributed by atoms with Crippen molar-refractivity contribution in [2.45, 2.75) is 63.2 Å². The van der Waals surface area contributed by atoms with Gasteiger partial charge in [-0.3, -0.25) is 14.3 Å². The van der Waals surface area contributed by atoms with Crippen LogP contribution in [0.15, 0.2) is 83.5 Å². The lowest BCUT2D eigenvalue weighted by Gasteiger charge is -2.32. The molecule has 3 heterocycles. The molecule has 0 unspecified atom stereocenters. The van der Waals surface area contributed by atoms with Gasteiger partial charge < -0.3 is 24.9 Å². The molecule has 2 aliphatic rings. The first-order valence-electron chi connectivity index (χ1n) is 15.5. The largest absolute Gasteiger partial charge is 0.432 e. The Kier molecular flexibility index (Phi) is 9.01. The summed E-state index contributed by atoms with van der Waals surface area (Å²) >= 11 is 3.62. The highest BCUT2D eigenvalue weighted by molar-refractivity contribution is 9.10. The smallest absolute Gasteiger partial charge is 0.264 e. The number of amides is 2. The van der Waals surface area contributed by atoms with Crippen molar-refractivity contribution in [3.8, 4) is 0 Å². The first kappa shape index (κ1) is 32.3. The summed E-state index contributed by atoms with van der Waals surface area (Å²) in [7, 11) is -2.81. The number of halogens is 1. The summed E-state index contributed by atoms with van der Waals surface area (Å²) in [6, 6.07) is 22.4. The standard InChI is InChI=1S/C34H38BrN5O5Si/c1-22-31(46(2,3)44)30(15-17-39-21-27(16-18-41)37-38-39)45-34(22)28-19-25(35)11-14-29(28)40(33(34)43)20-23-9-12-26(13-10-23)36-32(42)24-7-5-4-6-8-24/h4-14,19,21-22,30-31,41,44H,15-18,20H2,1-3H3,(H,36,42)/t22-,30+,31-,34+/m1/s1. The second-order valence-corrected chi connectivity index (χ2v) is 17.6. The Balaban J connectivity index is 1.26. The Morgan fingerprint density at radius 1 is 1.11 bits per heavy atom. The van der Waals surface area contributed by atoms with Crippen LogP contribution in [-0.4, -0.2) is 57.7 Å². The zero-order valence-corrected chi connectivity index (χ0v) is 28.6. The van der Waals surface area contributed by atoms with E-state index in [0.29, 0.717) is 42.9 Å². The summed E-state index contributed by atoms with van der Waals surface area (Å²) in [6.07, 6.45) is 2.41. The fourth-order valence-corrected chi connectivity index (χ4v) is 10.0. The number of nitrogens with one attached hydrogen (secondary N) is 1. The van der Waals surface area contributed by atoms with Crippen molar-refractivity contribution >= 4 is 47.4 Å². The van der Waals surface area contributed by atoms with E-state index in [1.807, 2.05) is 86.9 Å². The number of carbonyl (C=O) groups excluding carboxylic acids is 2. The van der Waals surface area contributed by atoms with Gasteiger partial charge in [0.1, 0.15) is 0 Å². The highest BCUT2D eigenvalue weighted by Gasteiger charge is 2.66. The molecule has 2 amide bonds. The Bertz CT molecular complexity index is 1730. The van der Waals surface area contributed by atoms with E-state index in [1.54, 1.807) is 21.7 Å². The van der Waals surface area contributed by atoms with E-state index >= 15 is 0 Å². The van der Waals surface area contributed by atoms with Gasteiger partial charge in [0, 0.05) is 58.5 Å². The Morgan fingerprint density at radius 2 is 1.85 bits per heavy atom. The molecule has 1 spiro atoms. The average molecular weight is 705 g/mol. The number of nitrogens with zero attached hydrogens (tertiary/aromatic N) is 4. The molecule has 240 valence electrons. The fraction of sp³-hybridized carbons (Fsp3) is 0.353. The minimum atomic E-state index is -2.81. The van der Waals surface area contributed by atoms with E-state index in [4.69, 9.17) is 4.74 Å². The van der Waals surface area contributed by atoms with Gasteiger partial charge in [-0.2, -0.15) is 0 Å². The Hall–Kier alpha value is -3.68. The van der Waals surface area contributed by atoms with E-state index in [-0.39, 0.29) is 36.0 Å². The van der Waals surface area contributed by atoms with Gasteiger partial charge in [-0.25, -0.2) is 0 Å². The molecular formula is C34H38BrN5O5Si. The second kappa shape index (κ2) is 12.8. The molecule has 4 aromatic rings. The predicted molar refractivity (Wildman–Crippen MR) is 181 cm³/mol. The van der Waals surface area contributed by atoms with E-state index in [9.17, 15) is 19.5 Å². The van der Waals surface area contributed by atoms with Crippen LogP contribution in [-0.2, 0) is 34.6 Å². The molecule has 0 radical (unpaired) electrons. The predicted octanol–water partition coefficient (Wildman–Crippen LogP) is 5.26. The van der Waals surface area contributed by atoms with Crippen molar-refractivity contribution < 1.29 is 24.2 Å². The zero-order chi connectivity index (χ0) is 32.6. The van der Waals surface area contributed by atoms with Crippen molar-refractivity contribution in [1.82, 2.24) is 15.0 Å². The molecule has 0 bridgehead atoms. The molecule has 0 aliphatic carbocycles. The summed E-state index contributed by atoms with van der Waals surface area (Å²) < 4.78 is 9.49. The lowest BCUT2D eigenvalue weighted by molar-refractivity contribution is -0.146. The van der Waals surface area contributed by atoms with Gasteiger partial charge in [-0.05, 0) is 67.5 Å². The Morgan fingerprint density at radius 3 is 2.54 bits per heavy atom. The second-order valence-electron chi connectivity index (χ2n) is 12.7. The van der Waals surface area contributed by atoms with Crippen LogP contribution in [0.1, 0.15) is 40.5 Å². The summed E-state index contributed by atoms with van der Waals surface area (Å²) in [4.78, 5) is 40.6. The third-order valence-corrected chi connectivity index (χ3v) is 12.1. The number of carbonyl (C=O) groups is 2. The number of aliphatic hydroxyl groups is 1. The first-order chi connectivity index (χ1) is 22.0. The van der Waals surface area contributed by atoms with Crippen LogP contribution in [0.3, 0.4) is 0 Å². The molecule has 6 rings (SSSR count). The number of aryl methyl sites for hydroxylation is 1. The van der Waals surface area contributed by atoms with Gasteiger partial charge in [-0.15, -0.1) is 5.10 Å². The van der Waals surface area contributed by atoms with Gasteiger partial charge in [-0.1, -0.05) is 58.4 Å². The molecule has 10 nitrogen and oxygen atoms in total. The van der Waals surface area contributed by atoms with E-state index < -0.39 is 13.9 Å². The lowest BCUT2D eigenvalue weighted by atomic mass is 9.82. The van der Waals surface area contributed by atoms with Crippen molar-refractivity contribution in [3.63, 3.8) is 0 Å². The van der Waals surface area contributed by atoms with Crippen LogP contribution < -0.4 is 10.2 Å². The van der Waals surface area contributed by atoms with Crippen LogP contribution in [0.25, 0.3) is 0 Å². The molecule has 1 fully saturated rings. The number of ether oxygens (including phenoxy) is 1. The maximum atomic E-state index is 14.7. The van der Waals surface area contributed by atoms with E-state index in [0.717, 1.165) is 21.3 Å². The van der Waals surface area contributed by atoms with Crippen molar-refractivity contribution in [2.24, 2.45) is 5.92 Å².